The van der Waals surface area contributed by atoms with Crippen molar-refractivity contribution < 1.29 is 23.1 Å². The van der Waals surface area contributed by atoms with Crippen molar-refractivity contribution in [2.75, 3.05) is 5.32 Å². The lowest BCUT2D eigenvalue weighted by molar-refractivity contribution is -0.136. The SMILES string of the molecule is O=C(Nc1ccccc1C(F)(F)F)c1cc(O)ccc1Br. The largest absolute Gasteiger partial charge is 0.508 e. The average molecular weight is 360 g/mol. The maximum Gasteiger partial charge on any atom is 0.418 e. The quantitative estimate of drug-likeness (QED) is 0.833. The van der Waals surface area contributed by atoms with Crippen molar-refractivity contribution in [3.8, 4) is 5.75 Å². The molecule has 0 spiro atoms. The maximum atomic E-state index is 12.8. The van der Waals surface area contributed by atoms with Gasteiger partial charge in [0.1, 0.15) is 5.75 Å². The van der Waals surface area contributed by atoms with E-state index >= 15 is 0 Å². The molecule has 0 aliphatic rings. The standard InChI is InChI=1S/C14H9BrF3NO2/c15-11-6-5-8(20)7-9(11)13(21)19-12-4-2-1-3-10(12)14(16,17)18/h1-7,20H,(H,19,21). The van der Waals surface area contributed by atoms with Crippen LogP contribution in [0.3, 0.4) is 0 Å². The minimum atomic E-state index is -4.57. The van der Waals surface area contributed by atoms with Crippen LogP contribution >= 0.6 is 15.9 Å². The van der Waals surface area contributed by atoms with Crippen LogP contribution in [-0.4, -0.2) is 11.0 Å². The number of carbonyl (C=O) groups is 1. The fourth-order valence-corrected chi connectivity index (χ4v) is 2.14. The minimum Gasteiger partial charge on any atom is -0.508 e. The lowest BCUT2D eigenvalue weighted by atomic mass is 10.1. The highest BCUT2D eigenvalue weighted by molar-refractivity contribution is 9.10. The Morgan fingerprint density at radius 1 is 1.14 bits per heavy atom. The van der Waals surface area contributed by atoms with E-state index < -0.39 is 17.6 Å². The molecular weight excluding hydrogens is 351 g/mol. The van der Waals surface area contributed by atoms with Gasteiger partial charge in [0.2, 0.25) is 0 Å². The van der Waals surface area contributed by atoms with Crippen molar-refractivity contribution in [1.29, 1.82) is 0 Å². The van der Waals surface area contributed by atoms with E-state index in [1.165, 1.54) is 24.3 Å². The Labute approximate surface area is 126 Å². The molecule has 0 heterocycles. The molecule has 2 N–H and O–H groups in total. The first kappa shape index (κ1) is 15.4. The van der Waals surface area contributed by atoms with Gasteiger partial charge in [0.15, 0.2) is 0 Å². The first-order valence-corrected chi connectivity index (χ1v) is 6.54. The van der Waals surface area contributed by atoms with Crippen LogP contribution < -0.4 is 5.32 Å². The Balaban J connectivity index is 2.35. The molecule has 2 aromatic carbocycles. The van der Waals surface area contributed by atoms with Crippen LogP contribution in [0.4, 0.5) is 18.9 Å². The fraction of sp³-hybridized carbons (Fsp3) is 0.0714. The van der Waals surface area contributed by atoms with Crippen LogP contribution in [0.15, 0.2) is 46.9 Å². The number of anilines is 1. The zero-order chi connectivity index (χ0) is 15.6. The Kier molecular flexibility index (Phi) is 4.22. The number of rotatable bonds is 2. The second-order valence-electron chi connectivity index (χ2n) is 4.16. The highest BCUT2D eigenvalue weighted by atomic mass is 79.9. The summed E-state index contributed by atoms with van der Waals surface area (Å²) >= 11 is 3.11. The van der Waals surface area contributed by atoms with Crippen LogP contribution in [0.25, 0.3) is 0 Å². The van der Waals surface area contributed by atoms with Crippen LogP contribution in [0.2, 0.25) is 0 Å². The number of halogens is 4. The molecule has 110 valence electrons. The van der Waals surface area contributed by atoms with Crippen LogP contribution in [-0.2, 0) is 6.18 Å². The molecule has 0 radical (unpaired) electrons. The van der Waals surface area contributed by atoms with Gasteiger partial charge in [0.25, 0.3) is 5.91 Å². The van der Waals surface area contributed by atoms with Crippen molar-refractivity contribution in [2.45, 2.75) is 6.18 Å². The smallest absolute Gasteiger partial charge is 0.418 e. The average Bonchev–Trinajstić information content (AvgIpc) is 2.41. The molecule has 0 aromatic heterocycles. The van der Waals surface area contributed by atoms with E-state index in [1.807, 2.05) is 0 Å². The normalized spacial score (nSPS) is 11.2. The number of amides is 1. The summed E-state index contributed by atoms with van der Waals surface area (Å²) in [6.07, 6.45) is -4.57. The van der Waals surface area contributed by atoms with Crippen molar-refractivity contribution in [1.82, 2.24) is 0 Å². The lowest BCUT2D eigenvalue weighted by Gasteiger charge is -2.14. The molecule has 0 aliphatic heterocycles. The maximum absolute atomic E-state index is 12.8. The lowest BCUT2D eigenvalue weighted by Crippen LogP contribution is -2.17. The monoisotopic (exact) mass is 359 g/mol. The zero-order valence-corrected chi connectivity index (χ0v) is 12.0. The number of alkyl halides is 3. The number of phenols is 1. The van der Waals surface area contributed by atoms with E-state index in [9.17, 15) is 23.1 Å². The first-order chi connectivity index (χ1) is 9.79. The highest BCUT2D eigenvalue weighted by Gasteiger charge is 2.33. The fourth-order valence-electron chi connectivity index (χ4n) is 1.72. The van der Waals surface area contributed by atoms with Gasteiger partial charge in [-0.2, -0.15) is 13.2 Å². The van der Waals surface area contributed by atoms with Gasteiger partial charge in [-0.3, -0.25) is 4.79 Å². The van der Waals surface area contributed by atoms with Gasteiger partial charge < -0.3 is 10.4 Å². The Morgan fingerprint density at radius 2 is 1.81 bits per heavy atom. The predicted octanol–water partition coefficient (Wildman–Crippen LogP) is 4.43. The van der Waals surface area contributed by atoms with E-state index in [-0.39, 0.29) is 17.0 Å². The highest BCUT2D eigenvalue weighted by Crippen LogP contribution is 2.35. The summed E-state index contributed by atoms with van der Waals surface area (Å²) in [6.45, 7) is 0. The summed E-state index contributed by atoms with van der Waals surface area (Å²) in [5, 5.41) is 11.6. The predicted molar refractivity (Wildman–Crippen MR) is 75.2 cm³/mol. The molecule has 0 bridgehead atoms. The molecule has 0 saturated heterocycles. The summed E-state index contributed by atoms with van der Waals surface area (Å²) in [5.41, 5.74) is -1.24. The molecule has 0 aliphatic carbocycles. The summed E-state index contributed by atoms with van der Waals surface area (Å²) in [5.74, 6) is -0.915. The van der Waals surface area contributed by atoms with Crippen molar-refractivity contribution in [3.05, 3.63) is 58.1 Å². The summed E-state index contributed by atoms with van der Waals surface area (Å²) in [4.78, 5) is 12.0. The van der Waals surface area contributed by atoms with Crippen LogP contribution in [0.5, 0.6) is 5.75 Å². The van der Waals surface area contributed by atoms with Gasteiger partial charge >= 0.3 is 6.18 Å². The second kappa shape index (κ2) is 5.77. The molecule has 0 unspecified atom stereocenters. The number of nitrogens with one attached hydrogen (secondary N) is 1. The van der Waals surface area contributed by atoms with Gasteiger partial charge in [-0.15, -0.1) is 0 Å². The van der Waals surface area contributed by atoms with Crippen molar-refractivity contribution in [3.63, 3.8) is 0 Å². The van der Waals surface area contributed by atoms with E-state index in [2.05, 4.69) is 21.2 Å². The van der Waals surface area contributed by atoms with Gasteiger partial charge in [0, 0.05) is 4.47 Å². The van der Waals surface area contributed by atoms with E-state index in [0.717, 1.165) is 18.2 Å². The molecule has 1 amide bonds. The van der Waals surface area contributed by atoms with Crippen LogP contribution in [0.1, 0.15) is 15.9 Å². The molecule has 2 rings (SSSR count). The van der Waals surface area contributed by atoms with Crippen molar-refractivity contribution in [2.24, 2.45) is 0 Å². The van der Waals surface area contributed by atoms with E-state index in [4.69, 9.17) is 0 Å². The molecule has 7 heteroatoms. The van der Waals surface area contributed by atoms with Gasteiger partial charge in [-0.05, 0) is 46.3 Å². The van der Waals surface area contributed by atoms with Gasteiger partial charge in [-0.1, -0.05) is 12.1 Å². The van der Waals surface area contributed by atoms with E-state index in [1.54, 1.807) is 0 Å². The molecule has 0 saturated carbocycles. The Bertz CT molecular complexity index is 686. The van der Waals surface area contributed by atoms with Gasteiger partial charge in [-0.25, -0.2) is 0 Å². The van der Waals surface area contributed by atoms with Crippen LogP contribution in [0, 0.1) is 0 Å². The van der Waals surface area contributed by atoms with Crippen molar-refractivity contribution >= 4 is 27.5 Å². The molecule has 21 heavy (non-hydrogen) atoms. The third-order valence-electron chi connectivity index (χ3n) is 2.68. The number of para-hydroxylation sites is 1. The number of hydrogen-bond donors (Lipinski definition) is 2. The summed E-state index contributed by atoms with van der Waals surface area (Å²) in [6, 6.07) is 8.62. The zero-order valence-electron chi connectivity index (χ0n) is 10.4. The van der Waals surface area contributed by atoms with E-state index in [0.29, 0.717) is 4.47 Å². The summed E-state index contributed by atoms with van der Waals surface area (Å²) in [7, 11) is 0. The minimum absolute atomic E-state index is 0.0342. The molecule has 2 aromatic rings. The number of phenolic OH excluding ortho intramolecular Hbond substituents is 1. The topological polar surface area (TPSA) is 49.3 Å². The van der Waals surface area contributed by atoms with Gasteiger partial charge in [0.05, 0.1) is 16.8 Å². The third kappa shape index (κ3) is 3.55. The first-order valence-electron chi connectivity index (χ1n) is 5.75. The molecule has 0 fully saturated rings. The third-order valence-corrected chi connectivity index (χ3v) is 3.37. The number of carbonyl (C=O) groups excluding carboxylic acids is 1. The summed E-state index contributed by atoms with van der Waals surface area (Å²) < 4.78 is 38.9. The Morgan fingerprint density at radius 3 is 2.48 bits per heavy atom. The molecule has 0 atom stereocenters. The Hall–Kier alpha value is -2.02. The number of benzene rings is 2. The molecule has 3 nitrogen and oxygen atoms in total. The molecular formula is C14H9BrF3NO2. The number of aromatic hydroxyl groups is 1. The number of hydrogen-bond acceptors (Lipinski definition) is 2. The second-order valence-corrected chi connectivity index (χ2v) is 5.02.